The van der Waals surface area contributed by atoms with Crippen molar-refractivity contribution in [1.82, 2.24) is 29.4 Å². The lowest BCUT2D eigenvalue weighted by molar-refractivity contribution is 0.0721. The van der Waals surface area contributed by atoms with Crippen molar-refractivity contribution < 1.29 is 4.79 Å². The Balaban J connectivity index is 1.50. The Kier molecular flexibility index (Phi) is 4.39. The molecule has 5 rings (SSSR count). The third-order valence-corrected chi connectivity index (χ3v) is 5.53. The van der Waals surface area contributed by atoms with Crippen LogP contribution in [0.2, 0.25) is 0 Å². The molecule has 2 aromatic heterocycles. The number of carbonyl (C=O) groups excluding carboxylic acids is 1. The van der Waals surface area contributed by atoms with E-state index in [0.717, 1.165) is 18.5 Å². The number of fused-ring (bicyclic) bond motifs is 1. The van der Waals surface area contributed by atoms with Crippen LogP contribution >= 0.6 is 0 Å². The van der Waals surface area contributed by atoms with Gasteiger partial charge in [-0.3, -0.25) is 14.2 Å². The normalized spacial score (nSPS) is 16.3. The van der Waals surface area contributed by atoms with E-state index in [2.05, 4.69) is 10.2 Å². The second-order valence-electron chi connectivity index (χ2n) is 7.36. The van der Waals surface area contributed by atoms with Crippen LogP contribution in [0.5, 0.6) is 0 Å². The van der Waals surface area contributed by atoms with Crippen LogP contribution < -0.4 is 5.56 Å². The van der Waals surface area contributed by atoms with E-state index in [0.29, 0.717) is 23.3 Å². The molecule has 0 radical (unpaired) electrons. The molecule has 2 aromatic carbocycles. The maximum absolute atomic E-state index is 13.2. The fourth-order valence-corrected chi connectivity index (χ4v) is 4.01. The molecule has 1 fully saturated rings. The molecule has 0 saturated carbocycles. The van der Waals surface area contributed by atoms with Crippen molar-refractivity contribution in [1.29, 1.82) is 0 Å². The number of benzene rings is 2. The Labute approximate surface area is 172 Å². The molecule has 1 aliphatic rings. The minimum Gasteiger partial charge on any atom is -0.327 e. The monoisotopic (exact) mass is 400 g/mol. The summed E-state index contributed by atoms with van der Waals surface area (Å²) >= 11 is 0. The van der Waals surface area contributed by atoms with E-state index in [9.17, 15) is 9.59 Å². The van der Waals surface area contributed by atoms with Gasteiger partial charge in [-0.25, -0.2) is 4.98 Å². The molecule has 30 heavy (non-hydrogen) atoms. The maximum atomic E-state index is 13.2. The first-order valence-electron chi connectivity index (χ1n) is 9.88. The molecule has 0 spiro atoms. The SMILES string of the molecule is Cn1c(C2CCCN2C(=O)c2cnn(-c3ccccc3)n2)nc2ccccc2c1=O. The summed E-state index contributed by atoms with van der Waals surface area (Å²) in [7, 11) is 1.71. The topological polar surface area (TPSA) is 85.9 Å². The molecule has 8 nitrogen and oxygen atoms in total. The van der Waals surface area contributed by atoms with Crippen LogP contribution in [0.3, 0.4) is 0 Å². The van der Waals surface area contributed by atoms with Gasteiger partial charge in [0.25, 0.3) is 11.5 Å². The molecule has 0 N–H and O–H groups in total. The Hall–Kier alpha value is -3.81. The average molecular weight is 400 g/mol. The van der Waals surface area contributed by atoms with Gasteiger partial charge in [-0.05, 0) is 37.1 Å². The van der Waals surface area contributed by atoms with E-state index in [-0.39, 0.29) is 23.2 Å². The van der Waals surface area contributed by atoms with Gasteiger partial charge in [0, 0.05) is 13.6 Å². The molecule has 8 heteroatoms. The van der Waals surface area contributed by atoms with Crippen LogP contribution in [0.1, 0.15) is 35.2 Å². The van der Waals surface area contributed by atoms with Gasteiger partial charge < -0.3 is 4.90 Å². The number of nitrogens with zero attached hydrogens (tertiary/aromatic N) is 6. The molecule has 1 unspecified atom stereocenters. The largest absolute Gasteiger partial charge is 0.327 e. The number of carbonyl (C=O) groups is 1. The van der Waals surface area contributed by atoms with Crippen molar-refractivity contribution in [3.63, 3.8) is 0 Å². The lowest BCUT2D eigenvalue weighted by atomic mass is 10.1. The zero-order chi connectivity index (χ0) is 20.7. The van der Waals surface area contributed by atoms with Crippen molar-refractivity contribution in [3.05, 3.63) is 82.7 Å². The molecule has 3 heterocycles. The molecule has 0 aliphatic carbocycles. The molecule has 4 aromatic rings. The number of hydrogen-bond donors (Lipinski definition) is 0. The molecular formula is C22H20N6O2. The first-order chi connectivity index (χ1) is 14.6. The first-order valence-corrected chi connectivity index (χ1v) is 9.88. The van der Waals surface area contributed by atoms with Crippen molar-refractivity contribution in [3.8, 4) is 5.69 Å². The van der Waals surface area contributed by atoms with Crippen molar-refractivity contribution >= 4 is 16.8 Å². The van der Waals surface area contributed by atoms with Gasteiger partial charge in [-0.2, -0.15) is 9.90 Å². The van der Waals surface area contributed by atoms with Gasteiger partial charge in [-0.1, -0.05) is 30.3 Å². The Morgan fingerprint density at radius 1 is 1.07 bits per heavy atom. The third-order valence-electron chi connectivity index (χ3n) is 5.53. The first kappa shape index (κ1) is 18.2. The standard InChI is InChI=1S/C22H20N6O2/c1-26-20(24-17-11-6-5-10-16(17)21(26)29)19-12-7-13-27(19)22(30)18-14-23-28(25-18)15-8-3-2-4-9-15/h2-6,8-11,14,19H,7,12-13H2,1H3. The number of likely N-dealkylation sites (tertiary alicyclic amines) is 1. The fourth-order valence-electron chi connectivity index (χ4n) is 4.01. The van der Waals surface area contributed by atoms with E-state index in [1.165, 1.54) is 11.0 Å². The van der Waals surface area contributed by atoms with E-state index < -0.39 is 0 Å². The summed E-state index contributed by atoms with van der Waals surface area (Å²) in [6.07, 6.45) is 3.07. The third kappa shape index (κ3) is 2.97. The van der Waals surface area contributed by atoms with Crippen LogP contribution in [0.4, 0.5) is 0 Å². The summed E-state index contributed by atoms with van der Waals surface area (Å²) < 4.78 is 1.55. The molecule has 1 saturated heterocycles. The van der Waals surface area contributed by atoms with Crippen molar-refractivity contribution in [2.75, 3.05) is 6.54 Å². The lowest BCUT2D eigenvalue weighted by Crippen LogP contribution is -2.35. The number of rotatable bonds is 3. The van der Waals surface area contributed by atoms with Gasteiger partial charge in [0.15, 0.2) is 5.69 Å². The average Bonchev–Trinajstić information content (AvgIpc) is 3.47. The summed E-state index contributed by atoms with van der Waals surface area (Å²) in [6, 6.07) is 16.5. The van der Waals surface area contributed by atoms with Crippen LogP contribution in [0.25, 0.3) is 16.6 Å². The zero-order valence-corrected chi connectivity index (χ0v) is 16.5. The number of aromatic nitrogens is 5. The van der Waals surface area contributed by atoms with Crippen LogP contribution in [-0.2, 0) is 7.05 Å². The summed E-state index contributed by atoms with van der Waals surface area (Å²) in [4.78, 5) is 34.0. The lowest BCUT2D eigenvalue weighted by Gasteiger charge is -2.25. The summed E-state index contributed by atoms with van der Waals surface area (Å²) in [5, 5.41) is 9.18. The fraction of sp³-hybridized carbons (Fsp3) is 0.227. The molecule has 1 aliphatic heterocycles. The molecule has 150 valence electrons. The van der Waals surface area contributed by atoms with Crippen LogP contribution in [-0.4, -0.2) is 41.9 Å². The van der Waals surface area contributed by atoms with Crippen molar-refractivity contribution in [2.24, 2.45) is 7.05 Å². The molecule has 1 amide bonds. The van der Waals surface area contributed by atoms with Crippen LogP contribution in [0.15, 0.2) is 65.6 Å². The summed E-state index contributed by atoms with van der Waals surface area (Å²) in [6.45, 7) is 0.588. The minimum absolute atomic E-state index is 0.107. The maximum Gasteiger partial charge on any atom is 0.276 e. The summed E-state index contributed by atoms with van der Waals surface area (Å²) in [5.74, 6) is 0.391. The number of para-hydroxylation sites is 2. The van der Waals surface area contributed by atoms with Gasteiger partial charge >= 0.3 is 0 Å². The van der Waals surface area contributed by atoms with E-state index in [1.807, 2.05) is 48.5 Å². The predicted molar refractivity (Wildman–Crippen MR) is 111 cm³/mol. The molecule has 0 bridgehead atoms. The number of amides is 1. The Morgan fingerprint density at radius 3 is 2.67 bits per heavy atom. The second kappa shape index (κ2) is 7.22. The van der Waals surface area contributed by atoms with Gasteiger partial charge in [-0.15, -0.1) is 5.10 Å². The van der Waals surface area contributed by atoms with E-state index in [4.69, 9.17) is 4.98 Å². The molecule has 1 atom stereocenters. The smallest absolute Gasteiger partial charge is 0.276 e. The van der Waals surface area contributed by atoms with Gasteiger partial charge in [0.05, 0.1) is 28.8 Å². The molecular weight excluding hydrogens is 380 g/mol. The van der Waals surface area contributed by atoms with E-state index in [1.54, 1.807) is 22.6 Å². The highest BCUT2D eigenvalue weighted by Gasteiger charge is 2.34. The summed E-state index contributed by atoms with van der Waals surface area (Å²) in [5.41, 5.74) is 1.60. The highest BCUT2D eigenvalue weighted by atomic mass is 16.2. The highest BCUT2D eigenvalue weighted by Crippen LogP contribution is 2.31. The van der Waals surface area contributed by atoms with E-state index >= 15 is 0 Å². The van der Waals surface area contributed by atoms with Crippen molar-refractivity contribution in [2.45, 2.75) is 18.9 Å². The van der Waals surface area contributed by atoms with Crippen LogP contribution in [0, 0.1) is 0 Å². The second-order valence-corrected chi connectivity index (χ2v) is 7.36. The van der Waals surface area contributed by atoms with Gasteiger partial charge in [0.2, 0.25) is 0 Å². The highest BCUT2D eigenvalue weighted by molar-refractivity contribution is 5.92. The number of hydrogen-bond acceptors (Lipinski definition) is 5. The Morgan fingerprint density at radius 2 is 1.83 bits per heavy atom. The quantitative estimate of drug-likeness (QED) is 0.527. The Bertz CT molecular complexity index is 1290. The minimum atomic E-state index is -0.276. The zero-order valence-electron chi connectivity index (χ0n) is 16.5. The van der Waals surface area contributed by atoms with Gasteiger partial charge in [0.1, 0.15) is 5.82 Å². The predicted octanol–water partition coefficient (Wildman–Crippen LogP) is 2.49.